The molecule has 2 aromatic rings. The number of phenolic OH excluding ortho intramolecular Hbond substituents is 1. The first-order valence-corrected chi connectivity index (χ1v) is 6.47. The van der Waals surface area contributed by atoms with Gasteiger partial charge in [0.1, 0.15) is 5.69 Å². The van der Waals surface area contributed by atoms with Gasteiger partial charge in [0.15, 0.2) is 5.75 Å². The third kappa shape index (κ3) is 3.18. The molecule has 0 spiro atoms. The fourth-order valence-electron chi connectivity index (χ4n) is 1.44. The van der Waals surface area contributed by atoms with E-state index in [-0.39, 0.29) is 16.5 Å². The molecule has 0 atom stereocenters. The van der Waals surface area contributed by atoms with Gasteiger partial charge in [0.25, 0.3) is 0 Å². The highest BCUT2D eigenvalue weighted by Crippen LogP contribution is 2.38. The lowest BCUT2D eigenvalue weighted by Gasteiger charge is -2.03. The molecule has 0 saturated heterocycles. The van der Waals surface area contributed by atoms with Gasteiger partial charge in [-0.15, -0.1) is 5.11 Å². The number of nitrogens with zero attached hydrogens (tertiary/aromatic N) is 2. The van der Waals surface area contributed by atoms with E-state index in [1.165, 1.54) is 12.1 Å². The molecule has 0 fully saturated rings. The second kappa shape index (κ2) is 5.78. The SMILES string of the molecule is Cc1c(Cl)cccc1N=Nc1cc(Cl)cc(Cl)c1O. The van der Waals surface area contributed by atoms with E-state index in [0.717, 1.165) is 5.56 Å². The Balaban J connectivity index is 2.41. The summed E-state index contributed by atoms with van der Waals surface area (Å²) in [6.07, 6.45) is 0. The molecule has 3 nitrogen and oxygen atoms in total. The first-order chi connectivity index (χ1) is 8.99. The Bertz CT molecular complexity index is 657. The Morgan fingerprint density at radius 2 is 1.63 bits per heavy atom. The van der Waals surface area contributed by atoms with Gasteiger partial charge in [-0.05, 0) is 36.8 Å². The van der Waals surface area contributed by atoms with Crippen molar-refractivity contribution in [1.82, 2.24) is 0 Å². The van der Waals surface area contributed by atoms with E-state index in [9.17, 15) is 5.11 Å². The van der Waals surface area contributed by atoms with Crippen molar-refractivity contribution in [2.24, 2.45) is 10.2 Å². The normalized spacial score (nSPS) is 11.2. The van der Waals surface area contributed by atoms with E-state index < -0.39 is 0 Å². The zero-order valence-electron chi connectivity index (χ0n) is 9.86. The maximum atomic E-state index is 9.75. The van der Waals surface area contributed by atoms with Crippen molar-refractivity contribution in [3.8, 4) is 5.75 Å². The minimum absolute atomic E-state index is 0.129. The van der Waals surface area contributed by atoms with Crippen LogP contribution >= 0.6 is 34.8 Å². The van der Waals surface area contributed by atoms with Gasteiger partial charge in [-0.25, -0.2) is 0 Å². The maximum Gasteiger partial charge on any atom is 0.161 e. The van der Waals surface area contributed by atoms with Gasteiger partial charge in [0.05, 0.1) is 10.7 Å². The topological polar surface area (TPSA) is 45.0 Å². The lowest BCUT2D eigenvalue weighted by atomic mass is 10.2. The maximum absolute atomic E-state index is 9.75. The standard InChI is InChI=1S/C13H9Cl3N2O/c1-7-9(15)3-2-4-11(7)17-18-12-6-8(14)5-10(16)13(12)19/h2-6,19H,1H3. The molecule has 0 radical (unpaired) electrons. The van der Waals surface area contributed by atoms with E-state index >= 15 is 0 Å². The quantitative estimate of drug-likeness (QED) is 0.671. The fraction of sp³-hybridized carbons (Fsp3) is 0.0769. The number of rotatable bonds is 2. The predicted molar refractivity (Wildman–Crippen MR) is 78.5 cm³/mol. The monoisotopic (exact) mass is 314 g/mol. The summed E-state index contributed by atoms with van der Waals surface area (Å²) in [5, 5.41) is 18.8. The average molecular weight is 316 g/mol. The predicted octanol–water partition coefficient (Wildman–Crippen LogP) is 6.08. The number of aromatic hydroxyl groups is 1. The van der Waals surface area contributed by atoms with Gasteiger partial charge < -0.3 is 5.11 Å². The summed E-state index contributed by atoms with van der Waals surface area (Å²) in [6, 6.07) is 8.22. The lowest BCUT2D eigenvalue weighted by Crippen LogP contribution is -1.76. The van der Waals surface area contributed by atoms with Crippen LogP contribution in [0.3, 0.4) is 0 Å². The molecule has 0 aliphatic heterocycles. The van der Waals surface area contributed by atoms with E-state index in [0.29, 0.717) is 15.7 Å². The van der Waals surface area contributed by atoms with Crippen molar-refractivity contribution in [3.63, 3.8) is 0 Å². The molecule has 0 aliphatic rings. The second-order valence-corrected chi connectivity index (χ2v) is 5.09. The van der Waals surface area contributed by atoms with Gasteiger partial charge in [-0.2, -0.15) is 5.11 Å². The molecule has 0 unspecified atom stereocenters. The van der Waals surface area contributed by atoms with Crippen LogP contribution in [0.15, 0.2) is 40.6 Å². The molecule has 0 bridgehead atoms. The fourth-order valence-corrected chi connectivity index (χ4v) is 2.09. The van der Waals surface area contributed by atoms with Gasteiger partial charge in [-0.1, -0.05) is 40.9 Å². The summed E-state index contributed by atoms with van der Waals surface area (Å²) in [7, 11) is 0. The Morgan fingerprint density at radius 1 is 0.947 bits per heavy atom. The summed E-state index contributed by atoms with van der Waals surface area (Å²) in [5.74, 6) is -0.158. The molecule has 0 amide bonds. The number of benzene rings is 2. The Morgan fingerprint density at radius 3 is 2.37 bits per heavy atom. The summed E-state index contributed by atoms with van der Waals surface area (Å²) < 4.78 is 0. The summed E-state index contributed by atoms with van der Waals surface area (Å²) in [6.45, 7) is 1.83. The van der Waals surface area contributed by atoms with Crippen LogP contribution in [0.2, 0.25) is 15.1 Å². The minimum atomic E-state index is -0.158. The van der Waals surface area contributed by atoms with E-state index in [4.69, 9.17) is 34.8 Å². The Labute approximate surface area is 125 Å². The van der Waals surface area contributed by atoms with E-state index in [1.54, 1.807) is 18.2 Å². The molecule has 0 aliphatic carbocycles. The van der Waals surface area contributed by atoms with Crippen molar-refractivity contribution < 1.29 is 5.11 Å². The van der Waals surface area contributed by atoms with Crippen LogP contribution in [-0.2, 0) is 0 Å². The smallest absolute Gasteiger partial charge is 0.161 e. The molecule has 2 rings (SSSR count). The first-order valence-electron chi connectivity index (χ1n) is 5.34. The average Bonchev–Trinajstić information content (AvgIpc) is 2.36. The Kier molecular flexibility index (Phi) is 4.30. The summed E-state index contributed by atoms with van der Waals surface area (Å²) in [5.41, 5.74) is 1.63. The molecular weight excluding hydrogens is 307 g/mol. The highest BCUT2D eigenvalue weighted by atomic mass is 35.5. The van der Waals surface area contributed by atoms with Gasteiger partial charge in [0.2, 0.25) is 0 Å². The zero-order valence-corrected chi connectivity index (χ0v) is 12.1. The summed E-state index contributed by atoms with van der Waals surface area (Å²) in [4.78, 5) is 0. The highest BCUT2D eigenvalue weighted by molar-refractivity contribution is 6.36. The third-order valence-electron chi connectivity index (χ3n) is 2.51. The van der Waals surface area contributed by atoms with Gasteiger partial charge in [-0.3, -0.25) is 0 Å². The van der Waals surface area contributed by atoms with Crippen molar-refractivity contribution in [3.05, 3.63) is 51.0 Å². The molecule has 0 aromatic heterocycles. The largest absolute Gasteiger partial charge is 0.504 e. The molecular formula is C13H9Cl3N2O. The highest BCUT2D eigenvalue weighted by Gasteiger charge is 2.07. The van der Waals surface area contributed by atoms with Crippen LogP contribution in [-0.4, -0.2) is 5.11 Å². The molecule has 2 aromatic carbocycles. The van der Waals surface area contributed by atoms with Crippen molar-refractivity contribution in [2.75, 3.05) is 0 Å². The Hall–Kier alpha value is -1.29. The van der Waals surface area contributed by atoms with Crippen LogP contribution in [0.4, 0.5) is 11.4 Å². The lowest BCUT2D eigenvalue weighted by molar-refractivity contribution is 0.476. The molecule has 1 N–H and O–H groups in total. The molecule has 0 saturated carbocycles. The first kappa shape index (κ1) is 14.1. The molecule has 98 valence electrons. The second-order valence-electron chi connectivity index (χ2n) is 3.84. The number of azo groups is 1. The van der Waals surface area contributed by atoms with E-state index in [1.807, 2.05) is 6.92 Å². The van der Waals surface area contributed by atoms with E-state index in [2.05, 4.69) is 10.2 Å². The van der Waals surface area contributed by atoms with Crippen LogP contribution in [0.5, 0.6) is 5.75 Å². The number of hydrogen-bond donors (Lipinski definition) is 1. The van der Waals surface area contributed by atoms with Crippen LogP contribution in [0.25, 0.3) is 0 Å². The van der Waals surface area contributed by atoms with Gasteiger partial charge in [0, 0.05) is 10.0 Å². The number of phenols is 1. The molecule has 6 heteroatoms. The number of halogens is 3. The van der Waals surface area contributed by atoms with Crippen LogP contribution < -0.4 is 0 Å². The third-order valence-corrected chi connectivity index (χ3v) is 3.43. The van der Waals surface area contributed by atoms with Crippen molar-refractivity contribution >= 4 is 46.2 Å². The molecule has 19 heavy (non-hydrogen) atoms. The number of hydrogen-bond acceptors (Lipinski definition) is 3. The summed E-state index contributed by atoms with van der Waals surface area (Å²) >= 11 is 17.6. The van der Waals surface area contributed by atoms with Crippen LogP contribution in [0.1, 0.15) is 5.56 Å². The van der Waals surface area contributed by atoms with Crippen molar-refractivity contribution in [2.45, 2.75) is 6.92 Å². The van der Waals surface area contributed by atoms with Crippen molar-refractivity contribution in [1.29, 1.82) is 0 Å². The van der Waals surface area contributed by atoms with Crippen LogP contribution in [0, 0.1) is 6.92 Å². The van der Waals surface area contributed by atoms with Gasteiger partial charge >= 0.3 is 0 Å². The minimum Gasteiger partial charge on any atom is -0.504 e. The zero-order chi connectivity index (χ0) is 14.0. The molecule has 0 heterocycles.